The van der Waals surface area contributed by atoms with Crippen molar-refractivity contribution in [1.29, 1.82) is 0 Å². The molecule has 0 aliphatic heterocycles. The van der Waals surface area contributed by atoms with Gasteiger partial charge in [-0.05, 0) is 54.9 Å². The smallest absolute Gasteiger partial charge is 0.315 e. The van der Waals surface area contributed by atoms with E-state index in [2.05, 4.69) is 26.6 Å². The molecule has 0 spiro atoms. The van der Waals surface area contributed by atoms with E-state index in [0.29, 0.717) is 23.9 Å². The predicted molar refractivity (Wildman–Crippen MR) is 80.9 cm³/mol. The molecule has 0 atom stereocenters. The van der Waals surface area contributed by atoms with Gasteiger partial charge in [-0.25, -0.2) is 4.79 Å². The van der Waals surface area contributed by atoms with Crippen LogP contribution in [0, 0.1) is 0 Å². The lowest BCUT2D eigenvalue weighted by Gasteiger charge is -2.20. The summed E-state index contributed by atoms with van der Waals surface area (Å²) in [5.74, 6) is 0.697. The van der Waals surface area contributed by atoms with E-state index < -0.39 is 0 Å². The molecular weight excluding hydrogens is 332 g/mol. The molecule has 2 amide bonds. The monoisotopic (exact) mass is 348 g/mol. The highest BCUT2D eigenvalue weighted by molar-refractivity contribution is 9.10. The van der Waals surface area contributed by atoms with Crippen LogP contribution in [0.2, 0.25) is 5.02 Å². The van der Waals surface area contributed by atoms with Gasteiger partial charge in [-0.15, -0.1) is 0 Å². The summed E-state index contributed by atoms with van der Waals surface area (Å²) >= 11 is 9.19. The highest BCUT2D eigenvalue weighted by atomic mass is 79.9. The average Bonchev–Trinajstić information content (AvgIpc) is 2.24. The first-order chi connectivity index (χ1) is 8.78. The van der Waals surface area contributed by atoms with Gasteiger partial charge >= 0.3 is 6.03 Å². The first kappa shape index (κ1) is 16.1. The number of nitrogens with one attached hydrogen (secondary N) is 2. The van der Waals surface area contributed by atoms with Crippen LogP contribution in [-0.2, 0) is 0 Å². The highest BCUT2D eigenvalue weighted by Gasteiger charge is 2.12. The van der Waals surface area contributed by atoms with Gasteiger partial charge in [0.15, 0.2) is 0 Å². The first-order valence-corrected chi connectivity index (χ1v) is 7.09. The van der Waals surface area contributed by atoms with E-state index in [1.54, 1.807) is 18.2 Å². The number of hydrogen-bond donors (Lipinski definition) is 2. The molecular formula is C13H18BrClN2O2. The van der Waals surface area contributed by atoms with Crippen LogP contribution in [0.1, 0.15) is 20.8 Å². The summed E-state index contributed by atoms with van der Waals surface area (Å²) < 4.78 is 6.32. The number of carbonyl (C=O) groups is 1. The third-order valence-corrected chi connectivity index (χ3v) is 2.88. The van der Waals surface area contributed by atoms with Crippen LogP contribution >= 0.6 is 27.5 Å². The van der Waals surface area contributed by atoms with Crippen LogP contribution in [-0.4, -0.2) is 24.7 Å². The van der Waals surface area contributed by atoms with Crippen molar-refractivity contribution in [2.75, 3.05) is 13.2 Å². The lowest BCUT2D eigenvalue weighted by molar-refractivity contribution is 0.228. The van der Waals surface area contributed by atoms with Crippen LogP contribution in [0.25, 0.3) is 0 Å². The highest BCUT2D eigenvalue weighted by Crippen LogP contribution is 2.27. The van der Waals surface area contributed by atoms with Gasteiger partial charge in [-0.3, -0.25) is 0 Å². The van der Waals surface area contributed by atoms with Crippen molar-refractivity contribution in [3.05, 3.63) is 27.7 Å². The Kier molecular flexibility index (Phi) is 5.94. The van der Waals surface area contributed by atoms with E-state index in [1.807, 2.05) is 20.8 Å². The standard InChI is InChI=1S/C13H18BrClN2O2/c1-13(2,3)17-12(18)16-6-7-19-11-5-4-9(15)8-10(11)14/h4-5,8H,6-7H2,1-3H3,(H2,16,17,18). The van der Waals surface area contributed by atoms with Gasteiger partial charge in [0.25, 0.3) is 0 Å². The van der Waals surface area contributed by atoms with E-state index in [0.717, 1.165) is 4.47 Å². The van der Waals surface area contributed by atoms with Gasteiger partial charge in [-0.2, -0.15) is 0 Å². The van der Waals surface area contributed by atoms with Crippen molar-refractivity contribution in [3.63, 3.8) is 0 Å². The van der Waals surface area contributed by atoms with Gasteiger partial charge in [0.2, 0.25) is 0 Å². The quantitative estimate of drug-likeness (QED) is 0.816. The molecule has 0 saturated heterocycles. The van der Waals surface area contributed by atoms with Crippen molar-refractivity contribution < 1.29 is 9.53 Å². The maximum absolute atomic E-state index is 11.5. The molecule has 0 unspecified atom stereocenters. The molecule has 0 aliphatic carbocycles. The molecule has 0 aliphatic rings. The summed E-state index contributed by atoms with van der Waals surface area (Å²) in [5.41, 5.74) is -0.246. The molecule has 19 heavy (non-hydrogen) atoms. The zero-order chi connectivity index (χ0) is 14.5. The Hall–Kier alpha value is -0.940. The number of ether oxygens (including phenoxy) is 1. The fourth-order valence-electron chi connectivity index (χ4n) is 1.30. The van der Waals surface area contributed by atoms with Crippen molar-refractivity contribution in [2.24, 2.45) is 0 Å². The minimum Gasteiger partial charge on any atom is -0.491 e. The maximum atomic E-state index is 11.5. The average molecular weight is 350 g/mol. The number of carbonyl (C=O) groups excluding carboxylic acids is 1. The Morgan fingerprint density at radius 2 is 2.11 bits per heavy atom. The molecule has 0 saturated carbocycles. The van der Waals surface area contributed by atoms with E-state index >= 15 is 0 Å². The second-order valence-electron chi connectivity index (χ2n) is 5.05. The number of amides is 2. The molecule has 106 valence electrons. The Bertz CT molecular complexity index is 447. The minimum atomic E-state index is -0.246. The summed E-state index contributed by atoms with van der Waals surface area (Å²) in [6.07, 6.45) is 0. The largest absolute Gasteiger partial charge is 0.491 e. The molecule has 1 aromatic carbocycles. The van der Waals surface area contributed by atoms with Crippen LogP contribution < -0.4 is 15.4 Å². The first-order valence-electron chi connectivity index (χ1n) is 5.92. The molecule has 0 radical (unpaired) electrons. The van der Waals surface area contributed by atoms with Gasteiger partial charge in [0.1, 0.15) is 12.4 Å². The second kappa shape index (κ2) is 7.01. The van der Waals surface area contributed by atoms with Crippen molar-refractivity contribution in [2.45, 2.75) is 26.3 Å². The van der Waals surface area contributed by atoms with Crippen LogP contribution in [0.5, 0.6) is 5.75 Å². The summed E-state index contributed by atoms with van der Waals surface area (Å²) in [4.78, 5) is 11.5. The van der Waals surface area contributed by atoms with Gasteiger partial charge < -0.3 is 15.4 Å². The number of benzene rings is 1. The van der Waals surface area contributed by atoms with Crippen LogP contribution in [0.4, 0.5) is 4.79 Å². The minimum absolute atomic E-state index is 0.203. The SMILES string of the molecule is CC(C)(C)NC(=O)NCCOc1ccc(Cl)cc1Br. The Balaban J connectivity index is 2.29. The Morgan fingerprint density at radius 1 is 1.42 bits per heavy atom. The topological polar surface area (TPSA) is 50.4 Å². The Morgan fingerprint density at radius 3 is 2.68 bits per heavy atom. The van der Waals surface area contributed by atoms with Gasteiger partial charge in [0, 0.05) is 10.6 Å². The predicted octanol–water partition coefficient (Wildman–Crippen LogP) is 3.58. The van der Waals surface area contributed by atoms with Crippen LogP contribution in [0.3, 0.4) is 0 Å². The van der Waals surface area contributed by atoms with E-state index in [4.69, 9.17) is 16.3 Å². The molecule has 0 fully saturated rings. The van der Waals surface area contributed by atoms with Gasteiger partial charge in [-0.1, -0.05) is 11.6 Å². The lowest BCUT2D eigenvalue weighted by Crippen LogP contribution is -2.47. The van der Waals surface area contributed by atoms with Crippen molar-refractivity contribution >= 4 is 33.6 Å². The third-order valence-electron chi connectivity index (χ3n) is 2.03. The molecule has 6 heteroatoms. The molecule has 2 N–H and O–H groups in total. The normalized spacial score (nSPS) is 11.0. The van der Waals surface area contributed by atoms with E-state index in [1.165, 1.54) is 0 Å². The zero-order valence-corrected chi connectivity index (χ0v) is 13.6. The number of hydrogen-bond acceptors (Lipinski definition) is 2. The molecule has 0 heterocycles. The molecule has 1 rings (SSSR count). The fraction of sp³-hybridized carbons (Fsp3) is 0.462. The molecule has 0 bridgehead atoms. The number of halogens is 2. The van der Waals surface area contributed by atoms with Gasteiger partial charge in [0.05, 0.1) is 11.0 Å². The van der Waals surface area contributed by atoms with Crippen LogP contribution in [0.15, 0.2) is 22.7 Å². The van der Waals surface area contributed by atoms with Crippen molar-refractivity contribution in [3.8, 4) is 5.75 Å². The maximum Gasteiger partial charge on any atom is 0.315 e. The van der Waals surface area contributed by atoms with E-state index in [-0.39, 0.29) is 11.6 Å². The second-order valence-corrected chi connectivity index (χ2v) is 6.34. The summed E-state index contributed by atoms with van der Waals surface area (Å²) in [5, 5.41) is 6.17. The van der Waals surface area contributed by atoms with Crippen molar-refractivity contribution in [1.82, 2.24) is 10.6 Å². The number of rotatable bonds is 4. The zero-order valence-electron chi connectivity index (χ0n) is 11.2. The molecule has 0 aromatic heterocycles. The van der Waals surface area contributed by atoms with E-state index in [9.17, 15) is 4.79 Å². The molecule has 1 aromatic rings. The Labute approximate surface area is 127 Å². The summed E-state index contributed by atoms with van der Waals surface area (Å²) in [6.45, 7) is 6.59. The third kappa shape index (κ3) is 6.68. The summed E-state index contributed by atoms with van der Waals surface area (Å²) in [7, 11) is 0. The summed E-state index contributed by atoms with van der Waals surface area (Å²) in [6, 6.07) is 5.09. The lowest BCUT2D eigenvalue weighted by atomic mass is 10.1. The number of urea groups is 1. The molecule has 4 nitrogen and oxygen atoms in total. The fourth-order valence-corrected chi connectivity index (χ4v) is 2.10.